The van der Waals surface area contributed by atoms with Gasteiger partial charge in [0.05, 0.1) is 7.11 Å². The summed E-state index contributed by atoms with van der Waals surface area (Å²) < 4.78 is 4.65. The number of ether oxygens (including phenoxy) is 1. The summed E-state index contributed by atoms with van der Waals surface area (Å²) in [5, 5.41) is 0. The smallest absolute Gasteiger partial charge is 0.333 e. The molecule has 0 amide bonds. The molecule has 0 saturated heterocycles. The van der Waals surface area contributed by atoms with Crippen LogP contribution in [-0.2, 0) is 9.53 Å². The van der Waals surface area contributed by atoms with Gasteiger partial charge in [-0.3, -0.25) is 0 Å². The van der Waals surface area contributed by atoms with Gasteiger partial charge in [-0.1, -0.05) is 26.3 Å². The van der Waals surface area contributed by atoms with Gasteiger partial charge in [-0.25, -0.2) is 4.79 Å². The van der Waals surface area contributed by atoms with E-state index in [4.69, 9.17) is 0 Å². The maximum absolute atomic E-state index is 11.2. The molecule has 1 aliphatic rings. The lowest BCUT2D eigenvalue weighted by Crippen LogP contribution is -2.21. The van der Waals surface area contributed by atoms with Crippen LogP contribution in [0, 0.1) is 5.41 Å². The largest absolute Gasteiger partial charge is 0.466 e. The highest BCUT2D eigenvalue weighted by Gasteiger charge is 2.35. The van der Waals surface area contributed by atoms with Crippen LogP contribution in [0.15, 0.2) is 12.2 Å². The summed E-state index contributed by atoms with van der Waals surface area (Å²) in [7, 11) is 1.41. The first kappa shape index (κ1) is 9.30. The lowest BCUT2D eigenvalue weighted by Gasteiger charge is -2.24. The molecule has 0 aliphatic heterocycles. The normalized spacial score (nSPS) is 20.5. The molecular formula is C10H16O2. The molecule has 1 rings (SSSR count). The topological polar surface area (TPSA) is 26.3 Å². The minimum atomic E-state index is -0.251. The van der Waals surface area contributed by atoms with Crippen LogP contribution in [0.2, 0.25) is 0 Å². The van der Waals surface area contributed by atoms with E-state index in [0.717, 1.165) is 12.8 Å². The Morgan fingerprint density at radius 2 is 1.92 bits per heavy atom. The summed E-state index contributed by atoms with van der Waals surface area (Å²) in [6.07, 6.45) is 4.54. The van der Waals surface area contributed by atoms with Crippen molar-refractivity contribution in [3.63, 3.8) is 0 Å². The highest BCUT2D eigenvalue weighted by Crippen LogP contribution is 2.43. The SMILES string of the molecule is C=C(C(=O)OC)C1(C)CCCC1. The Bertz CT molecular complexity index is 200. The molecule has 1 fully saturated rings. The van der Waals surface area contributed by atoms with Crippen LogP contribution in [0.5, 0.6) is 0 Å². The molecule has 1 saturated carbocycles. The first-order chi connectivity index (χ1) is 5.60. The first-order valence-corrected chi connectivity index (χ1v) is 4.38. The Morgan fingerprint density at radius 3 is 2.33 bits per heavy atom. The fourth-order valence-corrected chi connectivity index (χ4v) is 1.83. The van der Waals surface area contributed by atoms with Gasteiger partial charge < -0.3 is 4.74 Å². The van der Waals surface area contributed by atoms with E-state index in [1.165, 1.54) is 20.0 Å². The Hall–Kier alpha value is -0.790. The molecule has 0 unspecified atom stereocenters. The van der Waals surface area contributed by atoms with Crippen molar-refractivity contribution in [1.29, 1.82) is 0 Å². The average Bonchev–Trinajstić information content (AvgIpc) is 2.50. The van der Waals surface area contributed by atoms with Gasteiger partial charge in [-0.05, 0) is 18.3 Å². The van der Waals surface area contributed by atoms with Crippen molar-refractivity contribution in [2.75, 3.05) is 7.11 Å². The van der Waals surface area contributed by atoms with E-state index in [2.05, 4.69) is 18.2 Å². The molecule has 0 bridgehead atoms. The van der Waals surface area contributed by atoms with Crippen molar-refractivity contribution >= 4 is 5.97 Å². The average molecular weight is 168 g/mol. The maximum atomic E-state index is 11.2. The third kappa shape index (κ3) is 1.52. The van der Waals surface area contributed by atoms with E-state index in [-0.39, 0.29) is 11.4 Å². The van der Waals surface area contributed by atoms with E-state index < -0.39 is 0 Å². The van der Waals surface area contributed by atoms with Gasteiger partial charge in [0, 0.05) is 5.57 Å². The molecule has 0 N–H and O–H groups in total. The summed E-state index contributed by atoms with van der Waals surface area (Å²) >= 11 is 0. The molecule has 1 aliphatic carbocycles. The van der Waals surface area contributed by atoms with Crippen LogP contribution in [0.4, 0.5) is 0 Å². The number of carbonyl (C=O) groups is 1. The quantitative estimate of drug-likeness (QED) is 0.467. The number of methoxy groups -OCH3 is 1. The Kier molecular flexibility index (Phi) is 2.55. The van der Waals surface area contributed by atoms with Crippen molar-refractivity contribution in [3.8, 4) is 0 Å². The Labute approximate surface area is 73.6 Å². The van der Waals surface area contributed by atoms with Crippen molar-refractivity contribution < 1.29 is 9.53 Å². The monoisotopic (exact) mass is 168 g/mol. The zero-order valence-electron chi connectivity index (χ0n) is 7.85. The summed E-state index contributed by atoms with van der Waals surface area (Å²) in [6, 6.07) is 0. The molecular weight excluding hydrogens is 152 g/mol. The summed E-state index contributed by atoms with van der Waals surface area (Å²) in [5.41, 5.74) is 0.648. The van der Waals surface area contributed by atoms with E-state index in [1.807, 2.05) is 0 Å². The Morgan fingerprint density at radius 1 is 1.42 bits per heavy atom. The lowest BCUT2D eigenvalue weighted by atomic mass is 9.81. The van der Waals surface area contributed by atoms with Crippen LogP contribution in [0.3, 0.4) is 0 Å². The number of carbonyl (C=O) groups excluding carboxylic acids is 1. The lowest BCUT2D eigenvalue weighted by molar-refractivity contribution is -0.137. The van der Waals surface area contributed by atoms with Gasteiger partial charge in [0.25, 0.3) is 0 Å². The van der Waals surface area contributed by atoms with E-state index in [0.29, 0.717) is 5.57 Å². The van der Waals surface area contributed by atoms with Gasteiger partial charge >= 0.3 is 5.97 Å². The van der Waals surface area contributed by atoms with Gasteiger partial charge in [-0.2, -0.15) is 0 Å². The highest BCUT2D eigenvalue weighted by molar-refractivity contribution is 5.89. The van der Waals surface area contributed by atoms with E-state index in [1.54, 1.807) is 0 Å². The third-order valence-corrected chi connectivity index (χ3v) is 2.87. The number of hydrogen-bond donors (Lipinski definition) is 0. The van der Waals surface area contributed by atoms with Crippen LogP contribution in [0.1, 0.15) is 32.6 Å². The molecule has 0 spiro atoms. The second-order valence-electron chi connectivity index (χ2n) is 3.74. The van der Waals surface area contributed by atoms with E-state index >= 15 is 0 Å². The standard InChI is InChI=1S/C10H16O2/c1-8(9(11)12-3)10(2)6-4-5-7-10/h1,4-7H2,2-3H3. The minimum absolute atomic E-state index is 0.00704. The van der Waals surface area contributed by atoms with Crippen molar-refractivity contribution in [2.24, 2.45) is 5.41 Å². The van der Waals surface area contributed by atoms with Crippen LogP contribution in [-0.4, -0.2) is 13.1 Å². The number of hydrogen-bond acceptors (Lipinski definition) is 2. The molecule has 0 aromatic heterocycles. The van der Waals surface area contributed by atoms with Gasteiger partial charge in [0.2, 0.25) is 0 Å². The number of esters is 1. The highest BCUT2D eigenvalue weighted by atomic mass is 16.5. The van der Waals surface area contributed by atoms with Gasteiger partial charge in [0.15, 0.2) is 0 Å². The van der Waals surface area contributed by atoms with Crippen molar-refractivity contribution in [3.05, 3.63) is 12.2 Å². The second-order valence-corrected chi connectivity index (χ2v) is 3.74. The molecule has 68 valence electrons. The fourth-order valence-electron chi connectivity index (χ4n) is 1.83. The summed E-state index contributed by atoms with van der Waals surface area (Å²) in [6.45, 7) is 5.90. The summed E-state index contributed by atoms with van der Waals surface area (Å²) in [5.74, 6) is -0.251. The summed E-state index contributed by atoms with van der Waals surface area (Å²) in [4.78, 5) is 11.2. The van der Waals surface area contributed by atoms with Crippen LogP contribution < -0.4 is 0 Å². The van der Waals surface area contributed by atoms with Crippen LogP contribution in [0.25, 0.3) is 0 Å². The van der Waals surface area contributed by atoms with Gasteiger partial charge in [-0.15, -0.1) is 0 Å². The molecule has 2 heteroatoms. The Balaban J connectivity index is 2.68. The van der Waals surface area contributed by atoms with E-state index in [9.17, 15) is 4.79 Å². The molecule has 0 aromatic rings. The molecule has 0 radical (unpaired) electrons. The van der Waals surface area contributed by atoms with Crippen molar-refractivity contribution in [1.82, 2.24) is 0 Å². The number of rotatable bonds is 2. The second kappa shape index (κ2) is 3.30. The maximum Gasteiger partial charge on any atom is 0.333 e. The predicted octanol–water partition coefficient (Wildman–Crippen LogP) is 2.30. The van der Waals surface area contributed by atoms with Gasteiger partial charge in [0.1, 0.15) is 0 Å². The first-order valence-electron chi connectivity index (χ1n) is 4.38. The predicted molar refractivity (Wildman–Crippen MR) is 47.7 cm³/mol. The zero-order chi connectivity index (χ0) is 9.19. The molecule has 2 nitrogen and oxygen atoms in total. The molecule has 0 aromatic carbocycles. The van der Waals surface area contributed by atoms with Crippen LogP contribution >= 0.6 is 0 Å². The molecule has 0 heterocycles. The fraction of sp³-hybridized carbons (Fsp3) is 0.700. The van der Waals surface area contributed by atoms with Crippen molar-refractivity contribution in [2.45, 2.75) is 32.6 Å². The minimum Gasteiger partial charge on any atom is -0.466 e. The zero-order valence-corrected chi connectivity index (χ0v) is 7.85. The third-order valence-electron chi connectivity index (χ3n) is 2.87. The molecule has 12 heavy (non-hydrogen) atoms. The molecule has 0 atom stereocenters.